The molecule has 0 spiro atoms. The largest absolute Gasteiger partial charge is 0.396 e. The number of rotatable bonds is 5. The van der Waals surface area contributed by atoms with E-state index < -0.39 is 17.9 Å². The van der Waals surface area contributed by atoms with Crippen molar-refractivity contribution in [1.29, 1.82) is 0 Å². The fourth-order valence-corrected chi connectivity index (χ4v) is 3.17. The van der Waals surface area contributed by atoms with Gasteiger partial charge in [-0.25, -0.2) is 0 Å². The summed E-state index contributed by atoms with van der Waals surface area (Å²) in [6, 6.07) is 0. The van der Waals surface area contributed by atoms with Gasteiger partial charge in [-0.2, -0.15) is 0 Å². The highest BCUT2D eigenvalue weighted by molar-refractivity contribution is 4.99. The molecule has 0 aromatic carbocycles. The first kappa shape index (κ1) is 16.6. The Morgan fingerprint density at radius 3 is 2.36 bits per heavy atom. The maximum Gasteiger partial charge on any atom is 0.187 e. The zero-order valence-electron chi connectivity index (χ0n) is 13.6. The minimum Gasteiger partial charge on any atom is -0.396 e. The van der Waals surface area contributed by atoms with Gasteiger partial charge in [-0.3, -0.25) is 0 Å². The van der Waals surface area contributed by atoms with Crippen LogP contribution in [0.2, 0.25) is 0 Å². The van der Waals surface area contributed by atoms with E-state index >= 15 is 0 Å². The van der Waals surface area contributed by atoms with Crippen molar-refractivity contribution >= 4 is 0 Å². The lowest BCUT2D eigenvalue weighted by atomic mass is 10.1. The van der Waals surface area contributed by atoms with Crippen molar-refractivity contribution in [3.8, 4) is 0 Å². The lowest BCUT2D eigenvalue weighted by molar-refractivity contribution is -0.247. The van der Waals surface area contributed by atoms with Gasteiger partial charge in [0.2, 0.25) is 0 Å². The van der Waals surface area contributed by atoms with Crippen LogP contribution in [0.25, 0.3) is 0 Å². The van der Waals surface area contributed by atoms with E-state index in [4.69, 9.17) is 33.5 Å². The fraction of sp³-hybridized carbons (Fsp3) is 1.00. The maximum absolute atomic E-state index is 8.88. The van der Waals surface area contributed by atoms with Crippen LogP contribution in [0, 0.1) is 0 Å². The van der Waals surface area contributed by atoms with Crippen molar-refractivity contribution in [2.75, 3.05) is 19.8 Å². The highest BCUT2D eigenvalue weighted by Gasteiger charge is 2.59. The van der Waals surface area contributed by atoms with Gasteiger partial charge in [0.15, 0.2) is 17.9 Å². The van der Waals surface area contributed by atoms with Gasteiger partial charge < -0.3 is 33.5 Å². The molecule has 0 aliphatic carbocycles. The number of ether oxygens (including phenoxy) is 6. The van der Waals surface area contributed by atoms with Gasteiger partial charge in [-0.05, 0) is 34.1 Å². The molecule has 3 aliphatic rings. The van der Waals surface area contributed by atoms with Crippen LogP contribution in [0.1, 0.15) is 34.1 Å². The topological polar surface area (TPSA) is 75.6 Å². The molecular weight excluding hydrogens is 292 g/mol. The Balaban J connectivity index is 1.69. The van der Waals surface area contributed by atoms with Crippen LogP contribution in [0.3, 0.4) is 0 Å². The number of hydrogen-bond donors (Lipinski definition) is 1. The third-order valence-corrected chi connectivity index (χ3v) is 4.03. The second-order valence-corrected chi connectivity index (χ2v) is 6.85. The molecule has 0 aromatic heterocycles. The van der Waals surface area contributed by atoms with Gasteiger partial charge in [-0.1, -0.05) is 0 Å². The lowest BCUT2D eigenvalue weighted by Crippen LogP contribution is -2.40. The Kier molecular flexibility index (Phi) is 4.50. The first-order valence-electron chi connectivity index (χ1n) is 7.87. The maximum atomic E-state index is 8.88. The summed E-state index contributed by atoms with van der Waals surface area (Å²) < 4.78 is 35.1. The van der Waals surface area contributed by atoms with Crippen LogP contribution in [0.15, 0.2) is 0 Å². The molecule has 7 heteroatoms. The second-order valence-electron chi connectivity index (χ2n) is 6.85. The van der Waals surface area contributed by atoms with Crippen LogP contribution >= 0.6 is 0 Å². The predicted molar refractivity (Wildman–Crippen MR) is 75.0 cm³/mol. The van der Waals surface area contributed by atoms with Gasteiger partial charge in [0, 0.05) is 6.61 Å². The van der Waals surface area contributed by atoms with Crippen molar-refractivity contribution in [3.63, 3.8) is 0 Å². The molecule has 3 aliphatic heterocycles. The standard InChI is InChI=1S/C15H26O7/c1-14(2)18-8-9(20-14)10-11-12(22-15(3,4)21-11)13(19-10)17-7-5-6-16/h9-13,16H,5-8H2,1-4H3/t9-,10-,11+,12+,13-/m1/s1. The fourth-order valence-electron chi connectivity index (χ4n) is 3.17. The summed E-state index contributed by atoms with van der Waals surface area (Å²) in [6.45, 7) is 8.46. The average molecular weight is 318 g/mol. The summed E-state index contributed by atoms with van der Waals surface area (Å²) in [7, 11) is 0. The van der Waals surface area contributed by atoms with Crippen LogP contribution in [0.5, 0.6) is 0 Å². The number of hydrogen-bond acceptors (Lipinski definition) is 7. The first-order chi connectivity index (χ1) is 10.3. The first-order valence-corrected chi connectivity index (χ1v) is 7.87. The van der Waals surface area contributed by atoms with E-state index in [1.54, 1.807) is 0 Å². The van der Waals surface area contributed by atoms with Crippen LogP contribution in [-0.4, -0.2) is 67.2 Å². The molecule has 0 bridgehead atoms. The summed E-state index contributed by atoms with van der Waals surface area (Å²) in [4.78, 5) is 0. The quantitative estimate of drug-likeness (QED) is 0.751. The Hall–Kier alpha value is -0.280. The minimum absolute atomic E-state index is 0.0842. The summed E-state index contributed by atoms with van der Waals surface area (Å²) in [5, 5.41) is 8.88. The molecule has 3 rings (SSSR count). The van der Waals surface area contributed by atoms with Crippen molar-refractivity contribution in [3.05, 3.63) is 0 Å². The third kappa shape index (κ3) is 3.31. The smallest absolute Gasteiger partial charge is 0.187 e. The Labute approximate surface area is 130 Å². The van der Waals surface area contributed by atoms with Gasteiger partial charge in [0.25, 0.3) is 0 Å². The van der Waals surface area contributed by atoms with Gasteiger partial charge >= 0.3 is 0 Å². The van der Waals surface area contributed by atoms with E-state index in [0.29, 0.717) is 19.6 Å². The van der Waals surface area contributed by atoms with E-state index in [1.165, 1.54) is 0 Å². The molecule has 1 N–H and O–H groups in total. The van der Waals surface area contributed by atoms with Gasteiger partial charge in [-0.15, -0.1) is 0 Å². The summed E-state index contributed by atoms with van der Waals surface area (Å²) >= 11 is 0. The van der Waals surface area contributed by atoms with E-state index in [2.05, 4.69) is 0 Å². The normalized spacial score (nSPS) is 42.7. The Morgan fingerprint density at radius 1 is 1.00 bits per heavy atom. The molecule has 0 saturated carbocycles. The van der Waals surface area contributed by atoms with Crippen LogP contribution in [0.4, 0.5) is 0 Å². The van der Waals surface area contributed by atoms with E-state index in [1.807, 2.05) is 27.7 Å². The van der Waals surface area contributed by atoms with E-state index in [-0.39, 0.29) is 31.0 Å². The molecule has 0 amide bonds. The number of fused-ring (bicyclic) bond motifs is 1. The monoisotopic (exact) mass is 318 g/mol. The Bertz CT molecular complexity index is 397. The van der Waals surface area contributed by atoms with Crippen molar-refractivity contribution < 1.29 is 33.5 Å². The summed E-state index contributed by atoms with van der Waals surface area (Å²) in [5.74, 6) is -1.29. The van der Waals surface area contributed by atoms with Crippen molar-refractivity contribution in [1.82, 2.24) is 0 Å². The zero-order chi connectivity index (χ0) is 16.0. The van der Waals surface area contributed by atoms with Crippen LogP contribution in [-0.2, 0) is 28.4 Å². The van der Waals surface area contributed by atoms with Crippen molar-refractivity contribution in [2.45, 2.75) is 76.4 Å². The number of aliphatic hydroxyl groups excluding tert-OH is 1. The third-order valence-electron chi connectivity index (χ3n) is 4.03. The van der Waals surface area contributed by atoms with Gasteiger partial charge in [0.1, 0.15) is 24.4 Å². The highest BCUT2D eigenvalue weighted by Crippen LogP contribution is 2.42. The molecule has 3 saturated heterocycles. The SMILES string of the molecule is CC1(C)O[C@@H]2[C@H](O1)[C@H](OCCCO)O[C@@H]2[C@H]1COC(C)(C)O1. The zero-order valence-corrected chi connectivity index (χ0v) is 13.6. The molecule has 128 valence electrons. The molecule has 7 nitrogen and oxygen atoms in total. The lowest BCUT2D eigenvalue weighted by Gasteiger charge is -2.26. The molecular formula is C15H26O7. The molecule has 22 heavy (non-hydrogen) atoms. The molecule has 0 radical (unpaired) electrons. The summed E-state index contributed by atoms with van der Waals surface area (Å²) in [5.41, 5.74) is 0. The highest BCUT2D eigenvalue weighted by atomic mass is 16.8. The van der Waals surface area contributed by atoms with Crippen LogP contribution < -0.4 is 0 Å². The molecule has 0 unspecified atom stereocenters. The molecule has 0 aromatic rings. The molecule has 3 heterocycles. The molecule has 5 atom stereocenters. The predicted octanol–water partition coefficient (Wildman–Crippen LogP) is 0.782. The van der Waals surface area contributed by atoms with E-state index in [0.717, 1.165) is 0 Å². The van der Waals surface area contributed by atoms with Gasteiger partial charge in [0.05, 0.1) is 13.2 Å². The van der Waals surface area contributed by atoms with E-state index in [9.17, 15) is 0 Å². The average Bonchev–Trinajstić information content (AvgIpc) is 3.02. The second kappa shape index (κ2) is 5.98. The number of aliphatic hydroxyl groups is 1. The van der Waals surface area contributed by atoms with Crippen molar-refractivity contribution in [2.24, 2.45) is 0 Å². The minimum atomic E-state index is -0.676. The molecule has 3 fully saturated rings. The summed E-state index contributed by atoms with van der Waals surface area (Å²) in [6.07, 6.45) is -1.03. The Morgan fingerprint density at radius 2 is 1.73 bits per heavy atom.